The van der Waals surface area contributed by atoms with Crippen LogP contribution in [-0.2, 0) is 10.9 Å². The molecule has 0 aliphatic carbocycles. The van der Waals surface area contributed by atoms with Crippen LogP contribution in [0.3, 0.4) is 0 Å². The van der Waals surface area contributed by atoms with Crippen LogP contribution in [0.2, 0.25) is 0 Å². The van der Waals surface area contributed by atoms with Crippen molar-refractivity contribution in [1.29, 1.82) is 0 Å². The molecule has 1 aromatic rings. The zero-order valence-corrected chi connectivity index (χ0v) is 13.8. The molecule has 0 fully saturated rings. The molecule has 4 nitrogen and oxygen atoms in total. The van der Waals surface area contributed by atoms with Crippen LogP contribution in [0.4, 0.5) is 23.7 Å². The molecule has 0 aliphatic rings. The number of carbonyl (C=O) groups is 1. The SMILES string of the molecule is Cc1ccc(C(F)(F)F)cc1NCCCNC(=O)OC(C)(C)C. The van der Waals surface area contributed by atoms with Gasteiger partial charge in [-0.25, -0.2) is 4.79 Å². The Morgan fingerprint density at radius 1 is 1.17 bits per heavy atom. The lowest BCUT2D eigenvalue weighted by Crippen LogP contribution is -2.33. The van der Waals surface area contributed by atoms with Gasteiger partial charge in [-0.3, -0.25) is 0 Å². The number of hydrogen-bond donors (Lipinski definition) is 2. The van der Waals surface area contributed by atoms with Gasteiger partial charge in [-0.05, 0) is 51.8 Å². The summed E-state index contributed by atoms with van der Waals surface area (Å²) in [5.41, 5.74) is -0.0648. The second kappa shape index (κ2) is 7.57. The van der Waals surface area contributed by atoms with Crippen LogP contribution in [0.15, 0.2) is 18.2 Å². The molecule has 1 rings (SSSR count). The summed E-state index contributed by atoms with van der Waals surface area (Å²) < 4.78 is 43.1. The van der Waals surface area contributed by atoms with Gasteiger partial charge in [0.25, 0.3) is 0 Å². The molecule has 0 aromatic heterocycles. The third-order valence-corrected chi connectivity index (χ3v) is 2.90. The average Bonchev–Trinajstić information content (AvgIpc) is 2.36. The van der Waals surface area contributed by atoms with Crippen LogP contribution in [0.1, 0.15) is 38.3 Å². The lowest BCUT2D eigenvalue weighted by atomic mass is 10.1. The maximum Gasteiger partial charge on any atom is 0.416 e. The smallest absolute Gasteiger partial charge is 0.416 e. The molecule has 130 valence electrons. The zero-order chi connectivity index (χ0) is 17.7. The fraction of sp³-hybridized carbons (Fsp3) is 0.562. The van der Waals surface area contributed by atoms with Gasteiger partial charge in [0.05, 0.1) is 5.56 Å². The van der Waals surface area contributed by atoms with E-state index in [0.717, 1.165) is 17.7 Å². The predicted molar refractivity (Wildman–Crippen MR) is 83.5 cm³/mol. The van der Waals surface area contributed by atoms with Gasteiger partial charge in [-0.15, -0.1) is 0 Å². The van der Waals surface area contributed by atoms with Crippen molar-refractivity contribution >= 4 is 11.8 Å². The number of halogens is 3. The lowest BCUT2D eigenvalue weighted by molar-refractivity contribution is -0.137. The van der Waals surface area contributed by atoms with Crippen LogP contribution in [0, 0.1) is 6.92 Å². The van der Waals surface area contributed by atoms with Crippen LogP contribution >= 0.6 is 0 Å². The predicted octanol–water partition coefficient (Wildman–Crippen LogP) is 4.34. The van der Waals surface area contributed by atoms with Gasteiger partial charge in [0.2, 0.25) is 0 Å². The first-order valence-electron chi connectivity index (χ1n) is 7.37. The number of carbonyl (C=O) groups excluding carboxylic acids is 1. The number of ether oxygens (including phenoxy) is 1. The van der Waals surface area contributed by atoms with Crippen LogP contribution in [0.5, 0.6) is 0 Å². The molecule has 0 unspecified atom stereocenters. The van der Waals surface area contributed by atoms with Crippen molar-refractivity contribution in [3.63, 3.8) is 0 Å². The Morgan fingerprint density at radius 2 is 1.83 bits per heavy atom. The fourth-order valence-corrected chi connectivity index (χ4v) is 1.80. The average molecular weight is 332 g/mol. The molecule has 0 saturated carbocycles. The van der Waals surface area contributed by atoms with Crippen LogP contribution in [-0.4, -0.2) is 24.8 Å². The molecular weight excluding hydrogens is 309 g/mol. The first-order valence-corrected chi connectivity index (χ1v) is 7.37. The summed E-state index contributed by atoms with van der Waals surface area (Å²) >= 11 is 0. The largest absolute Gasteiger partial charge is 0.444 e. The van der Waals surface area contributed by atoms with E-state index < -0.39 is 23.4 Å². The van der Waals surface area contributed by atoms with Gasteiger partial charge in [0, 0.05) is 18.8 Å². The number of aryl methyl sites for hydroxylation is 1. The molecule has 2 N–H and O–H groups in total. The van der Waals surface area contributed by atoms with Gasteiger partial charge in [-0.1, -0.05) is 6.07 Å². The first-order chi connectivity index (χ1) is 10.5. The number of hydrogen-bond acceptors (Lipinski definition) is 3. The standard InChI is InChI=1S/C16H23F3N2O2/c1-11-6-7-12(16(17,18)19)10-13(11)20-8-5-9-21-14(22)23-15(2,3)4/h6-7,10,20H,5,8-9H2,1-4H3,(H,21,22). The van der Waals surface area contributed by atoms with E-state index in [1.165, 1.54) is 6.07 Å². The summed E-state index contributed by atoms with van der Waals surface area (Å²) in [6.45, 7) is 7.86. The maximum atomic E-state index is 12.7. The summed E-state index contributed by atoms with van der Waals surface area (Å²) in [5.74, 6) is 0. The van der Waals surface area contributed by atoms with Crippen molar-refractivity contribution in [1.82, 2.24) is 5.32 Å². The van der Waals surface area contributed by atoms with E-state index in [0.29, 0.717) is 25.2 Å². The molecule has 1 aromatic carbocycles. The van der Waals surface area contributed by atoms with Crippen molar-refractivity contribution in [3.05, 3.63) is 29.3 Å². The number of benzene rings is 1. The normalized spacial score (nSPS) is 12.0. The monoisotopic (exact) mass is 332 g/mol. The number of rotatable bonds is 5. The Hall–Kier alpha value is -1.92. The molecule has 0 bridgehead atoms. The third-order valence-electron chi connectivity index (χ3n) is 2.90. The molecule has 1 amide bonds. The Bertz CT molecular complexity index is 537. The van der Waals surface area contributed by atoms with E-state index >= 15 is 0 Å². The van der Waals surface area contributed by atoms with Crippen molar-refractivity contribution in [2.24, 2.45) is 0 Å². The Morgan fingerprint density at radius 3 is 2.39 bits per heavy atom. The maximum absolute atomic E-state index is 12.7. The number of alkyl halides is 3. The summed E-state index contributed by atoms with van der Waals surface area (Å²) in [4.78, 5) is 11.4. The molecule has 0 atom stereocenters. The Labute approximate surface area is 134 Å². The second-order valence-electron chi connectivity index (χ2n) is 6.24. The van der Waals surface area contributed by atoms with Crippen LogP contribution in [0.25, 0.3) is 0 Å². The molecule has 0 aliphatic heterocycles. The molecule has 0 spiro atoms. The minimum absolute atomic E-state index is 0.375. The Balaban J connectivity index is 2.40. The Kier molecular flexibility index (Phi) is 6.29. The molecule has 23 heavy (non-hydrogen) atoms. The van der Waals surface area contributed by atoms with Gasteiger partial charge < -0.3 is 15.4 Å². The van der Waals surface area contributed by atoms with Crippen molar-refractivity contribution in [3.8, 4) is 0 Å². The van der Waals surface area contributed by atoms with Gasteiger partial charge in [0.15, 0.2) is 0 Å². The van der Waals surface area contributed by atoms with E-state index in [2.05, 4.69) is 10.6 Å². The van der Waals surface area contributed by atoms with E-state index in [4.69, 9.17) is 4.74 Å². The quantitative estimate of drug-likeness (QED) is 0.789. The zero-order valence-electron chi connectivity index (χ0n) is 13.8. The van der Waals surface area contributed by atoms with Crippen molar-refractivity contribution in [2.75, 3.05) is 18.4 Å². The van der Waals surface area contributed by atoms with Crippen LogP contribution < -0.4 is 10.6 Å². The minimum Gasteiger partial charge on any atom is -0.444 e. The third kappa shape index (κ3) is 7.25. The molecule has 0 radical (unpaired) electrons. The van der Waals surface area contributed by atoms with Crippen molar-refractivity contribution in [2.45, 2.75) is 45.9 Å². The summed E-state index contributed by atoms with van der Waals surface area (Å²) in [6, 6.07) is 3.59. The number of nitrogens with one attached hydrogen (secondary N) is 2. The molecular formula is C16H23F3N2O2. The number of anilines is 1. The second-order valence-corrected chi connectivity index (χ2v) is 6.24. The van der Waals surface area contributed by atoms with E-state index in [1.807, 2.05) is 0 Å². The highest BCUT2D eigenvalue weighted by atomic mass is 19.4. The highest BCUT2D eigenvalue weighted by Crippen LogP contribution is 2.31. The molecule has 0 saturated heterocycles. The summed E-state index contributed by atoms with van der Waals surface area (Å²) in [5, 5.41) is 5.55. The minimum atomic E-state index is -4.36. The van der Waals surface area contributed by atoms with Crippen molar-refractivity contribution < 1.29 is 22.7 Å². The topological polar surface area (TPSA) is 50.4 Å². The van der Waals surface area contributed by atoms with E-state index in [9.17, 15) is 18.0 Å². The van der Waals surface area contributed by atoms with E-state index in [-0.39, 0.29) is 0 Å². The summed E-state index contributed by atoms with van der Waals surface area (Å²) in [6.07, 6.45) is -4.30. The number of alkyl carbamates (subject to hydrolysis) is 1. The van der Waals surface area contributed by atoms with Gasteiger partial charge >= 0.3 is 12.3 Å². The van der Waals surface area contributed by atoms with Gasteiger partial charge in [0.1, 0.15) is 5.60 Å². The highest BCUT2D eigenvalue weighted by molar-refractivity contribution is 5.67. The summed E-state index contributed by atoms with van der Waals surface area (Å²) in [7, 11) is 0. The van der Waals surface area contributed by atoms with E-state index in [1.54, 1.807) is 27.7 Å². The highest BCUT2D eigenvalue weighted by Gasteiger charge is 2.30. The lowest BCUT2D eigenvalue weighted by Gasteiger charge is -2.19. The fourth-order valence-electron chi connectivity index (χ4n) is 1.80. The number of amides is 1. The molecule has 0 heterocycles. The molecule has 7 heteroatoms. The first kappa shape index (κ1) is 19.1. The van der Waals surface area contributed by atoms with Gasteiger partial charge in [-0.2, -0.15) is 13.2 Å².